The van der Waals surface area contributed by atoms with Crippen LogP contribution in [-0.4, -0.2) is 57.2 Å². The third kappa shape index (κ3) is 5.88. The number of allylic oxidation sites excluding steroid dienone is 2. The van der Waals surface area contributed by atoms with Crippen LogP contribution in [0.1, 0.15) is 55.2 Å². The van der Waals surface area contributed by atoms with Gasteiger partial charge in [-0.25, -0.2) is 0 Å². The zero-order valence-electron chi connectivity index (χ0n) is 21.0. The number of hydrogen-bond acceptors (Lipinski definition) is 6. The van der Waals surface area contributed by atoms with Gasteiger partial charge >= 0.3 is 0 Å². The van der Waals surface area contributed by atoms with E-state index in [4.69, 9.17) is 9.47 Å². The quantitative estimate of drug-likeness (QED) is 0.423. The molecular weight excluding hydrogens is 438 g/mol. The van der Waals surface area contributed by atoms with Crippen molar-refractivity contribution in [3.63, 3.8) is 0 Å². The van der Waals surface area contributed by atoms with Crippen molar-refractivity contribution >= 4 is 17.5 Å². The molecule has 1 saturated carbocycles. The van der Waals surface area contributed by atoms with Gasteiger partial charge in [-0.2, -0.15) is 0 Å². The molecule has 0 atom stereocenters. The number of aldehydes is 1. The summed E-state index contributed by atoms with van der Waals surface area (Å²) < 4.78 is 11.3. The van der Waals surface area contributed by atoms with Crippen molar-refractivity contribution in [1.29, 1.82) is 0 Å². The monoisotopic (exact) mass is 475 g/mol. The Morgan fingerprint density at radius 3 is 2.57 bits per heavy atom. The predicted octanol–water partition coefficient (Wildman–Crippen LogP) is 4.59. The zero-order chi connectivity index (χ0) is 24.2. The molecule has 2 fully saturated rings. The molecule has 1 saturated heterocycles. The lowest BCUT2D eigenvalue weighted by atomic mass is 9.99. The Bertz CT molecular complexity index is 1070. The van der Waals surface area contributed by atoms with Crippen LogP contribution < -0.4 is 19.7 Å². The van der Waals surface area contributed by atoms with Crippen LogP contribution in [0.4, 0.5) is 5.69 Å². The van der Waals surface area contributed by atoms with Crippen LogP contribution in [0.15, 0.2) is 42.5 Å². The molecule has 35 heavy (non-hydrogen) atoms. The highest BCUT2D eigenvalue weighted by molar-refractivity contribution is 5.85. The molecule has 2 heterocycles. The molecule has 3 aliphatic rings. The maximum Gasteiger partial charge on any atom is 0.161 e. The first-order valence-corrected chi connectivity index (χ1v) is 12.9. The van der Waals surface area contributed by atoms with Crippen LogP contribution in [0.2, 0.25) is 0 Å². The molecule has 6 nitrogen and oxygen atoms in total. The predicted molar refractivity (Wildman–Crippen MR) is 140 cm³/mol. The summed E-state index contributed by atoms with van der Waals surface area (Å²) in [4.78, 5) is 16.0. The Labute approximate surface area is 208 Å². The van der Waals surface area contributed by atoms with Crippen LogP contribution in [0.25, 0.3) is 5.57 Å². The summed E-state index contributed by atoms with van der Waals surface area (Å²) in [6.07, 6.45) is 7.41. The smallest absolute Gasteiger partial charge is 0.161 e. The van der Waals surface area contributed by atoms with Crippen molar-refractivity contribution in [2.24, 2.45) is 0 Å². The Morgan fingerprint density at radius 1 is 1.06 bits per heavy atom. The van der Waals surface area contributed by atoms with E-state index in [2.05, 4.69) is 52.5 Å². The highest BCUT2D eigenvalue weighted by Crippen LogP contribution is 2.42. The van der Waals surface area contributed by atoms with Gasteiger partial charge in [0.05, 0.1) is 6.67 Å². The summed E-state index contributed by atoms with van der Waals surface area (Å²) in [6.45, 7) is 7.16. The third-order valence-corrected chi connectivity index (χ3v) is 7.43. The molecule has 0 bridgehead atoms. The average molecular weight is 476 g/mol. The number of carbonyl (C=O) groups excluding carboxylic acids is 1. The standard InChI is InChI=1S/C29H37N3O3/c1-21(11-14-33)26-7-6-24(23-4-5-23)18-27(26)31(2)20-32-12-9-25(10-13-32)30-19-22-3-8-28-29(17-22)35-16-15-34-28/h3,6-8,11,14,17-18,23,25,30H,4-5,9-10,12-13,15-16,19-20H2,1-2H3/b21-11-. The number of ether oxygens (including phenoxy) is 2. The van der Waals surface area contributed by atoms with Gasteiger partial charge in [0.25, 0.3) is 0 Å². The third-order valence-electron chi connectivity index (χ3n) is 7.43. The molecule has 2 aliphatic heterocycles. The van der Waals surface area contributed by atoms with Gasteiger partial charge in [-0.1, -0.05) is 18.2 Å². The lowest BCUT2D eigenvalue weighted by Gasteiger charge is -2.36. The van der Waals surface area contributed by atoms with Crippen LogP contribution >= 0.6 is 0 Å². The molecule has 0 amide bonds. The van der Waals surface area contributed by atoms with Crippen molar-refractivity contribution in [2.75, 3.05) is 44.9 Å². The first-order valence-electron chi connectivity index (χ1n) is 12.9. The van der Waals surface area contributed by atoms with Crippen LogP contribution in [-0.2, 0) is 11.3 Å². The van der Waals surface area contributed by atoms with Gasteiger partial charge in [-0.3, -0.25) is 9.69 Å². The summed E-state index contributed by atoms with van der Waals surface area (Å²) in [7, 11) is 2.18. The molecule has 1 aliphatic carbocycles. The number of nitrogens with zero attached hydrogens (tertiary/aromatic N) is 2. The number of fused-ring (bicyclic) bond motifs is 1. The number of likely N-dealkylation sites (tertiary alicyclic amines) is 1. The molecule has 2 aromatic rings. The van der Waals surface area contributed by atoms with E-state index in [0.717, 1.165) is 68.1 Å². The number of rotatable bonds is 9. The van der Waals surface area contributed by atoms with Crippen molar-refractivity contribution < 1.29 is 14.3 Å². The second-order valence-corrected chi connectivity index (χ2v) is 10.1. The summed E-state index contributed by atoms with van der Waals surface area (Å²) in [6, 6.07) is 13.5. The fourth-order valence-corrected chi connectivity index (χ4v) is 5.17. The fraction of sp³-hybridized carbons (Fsp3) is 0.483. The van der Waals surface area contributed by atoms with Crippen molar-refractivity contribution in [3.8, 4) is 11.5 Å². The first kappa shape index (κ1) is 23.9. The number of hydrogen-bond donors (Lipinski definition) is 1. The Morgan fingerprint density at radius 2 is 1.83 bits per heavy atom. The Hall–Kier alpha value is -2.83. The van der Waals surface area contributed by atoms with Crippen molar-refractivity contribution in [2.45, 2.75) is 51.1 Å². The number of nitrogens with one attached hydrogen (secondary N) is 1. The van der Waals surface area contributed by atoms with E-state index in [-0.39, 0.29) is 0 Å². The molecule has 5 rings (SSSR count). The number of piperidine rings is 1. The molecule has 0 unspecified atom stereocenters. The maximum absolute atomic E-state index is 11.1. The largest absolute Gasteiger partial charge is 0.486 e. The average Bonchev–Trinajstić information content (AvgIpc) is 3.74. The van der Waals surface area contributed by atoms with Gasteiger partial charge in [0.15, 0.2) is 11.5 Å². The molecular formula is C29H37N3O3. The van der Waals surface area contributed by atoms with Gasteiger partial charge in [-0.05, 0) is 79.5 Å². The minimum absolute atomic E-state index is 0.524. The second-order valence-electron chi connectivity index (χ2n) is 10.1. The fourth-order valence-electron chi connectivity index (χ4n) is 5.17. The van der Waals surface area contributed by atoms with Gasteiger partial charge in [0, 0.05) is 44.0 Å². The van der Waals surface area contributed by atoms with Gasteiger partial charge < -0.3 is 19.7 Å². The summed E-state index contributed by atoms with van der Waals surface area (Å²) in [5.41, 5.74) is 6.06. The van der Waals surface area contributed by atoms with Gasteiger partial charge in [0.1, 0.15) is 19.5 Å². The van der Waals surface area contributed by atoms with Crippen LogP contribution in [0.5, 0.6) is 11.5 Å². The van der Waals surface area contributed by atoms with E-state index in [1.54, 1.807) is 6.08 Å². The van der Waals surface area contributed by atoms with Crippen molar-refractivity contribution in [3.05, 3.63) is 59.2 Å². The molecule has 0 aromatic heterocycles. The van der Waals surface area contributed by atoms with Crippen LogP contribution in [0, 0.1) is 0 Å². The Balaban J connectivity index is 1.15. The van der Waals surface area contributed by atoms with E-state index in [0.29, 0.717) is 25.2 Å². The van der Waals surface area contributed by atoms with Crippen molar-refractivity contribution in [1.82, 2.24) is 10.2 Å². The second kappa shape index (κ2) is 10.8. The van der Waals surface area contributed by atoms with E-state index in [1.165, 1.54) is 29.7 Å². The summed E-state index contributed by atoms with van der Waals surface area (Å²) in [5, 5.41) is 3.74. The van der Waals surface area contributed by atoms with Gasteiger partial charge in [0.2, 0.25) is 0 Å². The van der Waals surface area contributed by atoms with E-state index in [9.17, 15) is 4.79 Å². The summed E-state index contributed by atoms with van der Waals surface area (Å²) in [5.74, 6) is 2.42. The summed E-state index contributed by atoms with van der Waals surface area (Å²) >= 11 is 0. The van der Waals surface area contributed by atoms with E-state index in [1.807, 2.05) is 13.0 Å². The highest BCUT2D eigenvalue weighted by Gasteiger charge is 2.26. The molecule has 2 aromatic carbocycles. The maximum atomic E-state index is 11.1. The zero-order valence-corrected chi connectivity index (χ0v) is 21.0. The number of benzene rings is 2. The van der Waals surface area contributed by atoms with E-state index >= 15 is 0 Å². The first-order chi connectivity index (χ1) is 17.1. The molecule has 6 heteroatoms. The Kier molecular flexibility index (Phi) is 7.40. The highest BCUT2D eigenvalue weighted by atomic mass is 16.6. The van der Waals surface area contributed by atoms with Crippen LogP contribution in [0.3, 0.4) is 0 Å². The van der Waals surface area contributed by atoms with Gasteiger partial charge in [-0.15, -0.1) is 0 Å². The minimum atomic E-state index is 0.524. The molecule has 0 radical (unpaired) electrons. The number of anilines is 1. The molecule has 186 valence electrons. The number of carbonyl (C=O) groups is 1. The molecule has 0 spiro atoms. The normalized spacial score (nSPS) is 19.0. The molecule has 1 N–H and O–H groups in total. The van der Waals surface area contributed by atoms with E-state index < -0.39 is 0 Å². The SMILES string of the molecule is C/C(=C/C=O)c1ccc(C2CC2)cc1N(C)CN1CCC(NCc2ccc3c(c2)OCCO3)CC1. The topological polar surface area (TPSA) is 54.0 Å². The lowest BCUT2D eigenvalue weighted by Crippen LogP contribution is -2.46. The lowest BCUT2D eigenvalue weighted by molar-refractivity contribution is -0.104. The minimum Gasteiger partial charge on any atom is -0.486 e.